The van der Waals surface area contributed by atoms with Gasteiger partial charge >= 0.3 is 6.09 Å². The molecule has 96 valence electrons. The quantitative estimate of drug-likeness (QED) is 0.796. The minimum absolute atomic E-state index is 0.407. The Morgan fingerprint density at radius 2 is 2.33 bits per heavy atom. The van der Waals surface area contributed by atoms with Gasteiger partial charge in [-0.15, -0.1) is 0 Å². The van der Waals surface area contributed by atoms with Crippen molar-refractivity contribution in [2.45, 2.75) is 18.4 Å². The maximum atomic E-state index is 11.8. The molecule has 2 heterocycles. The van der Waals surface area contributed by atoms with E-state index in [9.17, 15) is 4.79 Å². The molecule has 2 N–H and O–H groups in total. The molecule has 2 aliphatic heterocycles. The van der Waals surface area contributed by atoms with Crippen molar-refractivity contribution in [1.29, 1.82) is 0 Å². The average Bonchev–Trinajstić information content (AvgIpc) is 2.39. The predicted octanol–water partition coefficient (Wildman–Crippen LogP) is 1.84. The molecule has 1 aromatic carbocycles. The fourth-order valence-corrected chi connectivity index (χ4v) is 2.76. The minimum Gasteiger partial charge on any atom is -0.495 e. The van der Waals surface area contributed by atoms with Gasteiger partial charge in [-0.25, -0.2) is 4.79 Å². The first-order chi connectivity index (χ1) is 8.75. The zero-order valence-electron chi connectivity index (χ0n) is 10.3. The number of benzene rings is 1. The lowest BCUT2D eigenvalue weighted by molar-refractivity contribution is -0.00746. The maximum absolute atomic E-state index is 11.8. The molecule has 0 aromatic heterocycles. The van der Waals surface area contributed by atoms with Crippen LogP contribution in [0.4, 0.5) is 10.5 Å². The summed E-state index contributed by atoms with van der Waals surface area (Å²) in [5.74, 6) is 0.675. The molecule has 0 aliphatic carbocycles. The van der Waals surface area contributed by atoms with Crippen molar-refractivity contribution in [2.75, 3.05) is 25.5 Å². The largest absolute Gasteiger partial charge is 0.495 e. The van der Waals surface area contributed by atoms with Gasteiger partial charge in [-0.05, 0) is 25.5 Å². The SMILES string of the molecule is COc1cccc2c1NC(=O)OC21CCCNC1. The zero-order valence-corrected chi connectivity index (χ0v) is 10.3. The lowest BCUT2D eigenvalue weighted by atomic mass is 9.84. The number of piperidine rings is 1. The van der Waals surface area contributed by atoms with E-state index in [4.69, 9.17) is 9.47 Å². The second kappa shape index (κ2) is 4.17. The van der Waals surface area contributed by atoms with Crippen LogP contribution in [0.5, 0.6) is 5.75 Å². The normalized spacial score (nSPS) is 26.2. The van der Waals surface area contributed by atoms with E-state index in [1.165, 1.54) is 0 Å². The molecule has 1 atom stereocenters. The van der Waals surface area contributed by atoms with Crippen LogP contribution < -0.4 is 15.4 Å². The van der Waals surface area contributed by atoms with Crippen molar-refractivity contribution in [2.24, 2.45) is 0 Å². The van der Waals surface area contributed by atoms with Crippen molar-refractivity contribution in [1.82, 2.24) is 5.32 Å². The van der Waals surface area contributed by atoms with Crippen molar-refractivity contribution < 1.29 is 14.3 Å². The van der Waals surface area contributed by atoms with Crippen molar-refractivity contribution in [3.05, 3.63) is 23.8 Å². The highest BCUT2D eigenvalue weighted by atomic mass is 16.6. The first kappa shape index (κ1) is 11.3. The van der Waals surface area contributed by atoms with E-state index in [-0.39, 0.29) is 0 Å². The Bertz CT molecular complexity index is 481. The summed E-state index contributed by atoms with van der Waals surface area (Å²) >= 11 is 0. The van der Waals surface area contributed by atoms with E-state index >= 15 is 0 Å². The maximum Gasteiger partial charge on any atom is 0.412 e. The Kier molecular flexibility index (Phi) is 2.63. The Labute approximate surface area is 105 Å². The second-order valence-corrected chi connectivity index (χ2v) is 4.67. The van der Waals surface area contributed by atoms with Crippen molar-refractivity contribution in [3.63, 3.8) is 0 Å². The van der Waals surface area contributed by atoms with Gasteiger partial charge in [0.1, 0.15) is 5.75 Å². The average molecular weight is 248 g/mol. The van der Waals surface area contributed by atoms with Gasteiger partial charge < -0.3 is 14.8 Å². The summed E-state index contributed by atoms with van der Waals surface area (Å²) in [6.45, 7) is 1.62. The van der Waals surface area contributed by atoms with Crippen LogP contribution in [0.25, 0.3) is 0 Å². The molecule has 2 aliphatic rings. The van der Waals surface area contributed by atoms with Gasteiger partial charge in [0.05, 0.1) is 12.8 Å². The summed E-state index contributed by atoms with van der Waals surface area (Å²) in [4.78, 5) is 11.8. The number of methoxy groups -OCH3 is 1. The standard InChI is InChI=1S/C13H16N2O3/c1-17-10-5-2-4-9-11(10)15-12(16)18-13(9)6-3-7-14-8-13/h2,4-5,14H,3,6-8H2,1H3,(H,15,16). The number of nitrogens with one attached hydrogen (secondary N) is 2. The van der Waals surface area contributed by atoms with Gasteiger partial charge in [0, 0.05) is 12.1 Å². The molecule has 18 heavy (non-hydrogen) atoms. The fraction of sp³-hybridized carbons (Fsp3) is 0.462. The molecular formula is C13H16N2O3. The third kappa shape index (κ3) is 1.62. The second-order valence-electron chi connectivity index (χ2n) is 4.67. The molecule has 0 saturated carbocycles. The molecule has 0 radical (unpaired) electrons. The number of hydrogen-bond donors (Lipinski definition) is 2. The van der Waals surface area contributed by atoms with Crippen molar-refractivity contribution >= 4 is 11.8 Å². The number of amides is 1. The van der Waals surface area contributed by atoms with Crippen LogP contribution >= 0.6 is 0 Å². The van der Waals surface area contributed by atoms with Crippen LogP contribution in [0, 0.1) is 0 Å². The summed E-state index contributed by atoms with van der Waals surface area (Å²) in [6.07, 6.45) is 1.42. The van der Waals surface area contributed by atoms with Crippen LogP contribution in [0.3, 0.4) is 0 Å². The highest BCUT2D eigenvalue weighted by Gasteiger charge is 2.43. The number of hydrogen-bond acceptors (Lipinski definition) is 4. The van der Waals surface area contributed by atoms with Gasteiger partial charge in [-0.2, -0.15) is 0 Å². The molecule has 1 spiro atoms. The lowest BCUT2D eigenvalue weighted by Gasteiger charge is -2.41. The van der Waals surface area contributed by atoms with Crippen LogP contribution in [0.1, 0.15) is 18.4 Å². The number of anilines is 1. The van der Waals surface area contributed by atoms with Crippen LogP contribution in [0.15, 0.2) is 18.2 Å². The van der Waals surface area contributed by atoms with Crippen LogP contribution in [-0.4, -0.2) is 26.3 Å². The topological polar surface area (TPSA) is 59.6 Å². The van der Waals surface area contributed by atoms with Gasteiger partial charge in [-0.3, -0.25) is 5.32 Å². The van der Waals surface area contributed by atoms with Crippen molar-refractivity contribution in [3.8, 4) is 5.75 Å². The molecule has 1 unspecified atom stereocenters. The summed E-state index contributed by atoms with van der Waals surface area (Å²) < 4.78 is 10.9. The van der Waals surface area contributed by atoms with Gasteiger partial charge in [0.25, 0.3) is 0 Å². The highest BCUT2D eigenvalue weighted by Crippen LogP contribution is 2.44. The highest BCUT2D eigenvalue weighted by molar-refractivity contribution is 5.91. The number of ether oxygens (including phenoxy) is 2. The predicted molar refractivity (Wildman–Crippen MR) is 66.9 cm³/mol. The molecule has 1 fully saturated rings. The number of fused-ring (bicyclic) bond motifs is 2. The molecule has 5 heteroatoms. The number of carbonyl (C=O) groups excluding carboxylic acids is 1. The third-order valence-corrected chi connectivity index (χ3v) is 3.60. The van der Waals surface area contributed by atoms with Gasteiger partial charge in [0.15, 0.2) is 5.60 Å². The molecule has 1 saturated heterocycles. The monoisotopic (exact) mass is 248 g/mol. The molecule has 0 bridgehead atoms. The minimum atomic E-state index is -0.551. The van der Waals surface area contributed by atoms with Crippen LogP contribution in [-0.2, 0) is 10.3 Å². The van der Waals surface area contributed by atoms with E-state index in [1.807, 2.05) is 18.2 Å². The Balaban J connectivity index is 2.12. The number of carbonyl (C=O) groups is 1. The zero-order chi connectivity index (χ0) is 12.6. The van der Waals surface area contributed by atoms with E-state index in [1.54, 1.807) is 7.11 Å². The van der Waals surface area contributed by atoms with E-state index in [0.717, 1.165) is 30.6 Å². The number of para-hydroxylation sites is 1. The Morgan fingerprint density at radius 3 is 3.06 bits per heavy atom. The van der Waals surface area contributed by atoms with Gasteiger partial charge in [-0.1, -0.05) is 12.1 Å². The first-order valence-corrected chi connectivity index (χ1v) is 6.13. The fourth-order valence-electron chi connectivity index (χ4n) is 2.76. The lowest BCUT2D eigenvalue weighted by Crippen LogP contribution is -2.49. The summed E-state index contributed by atoms with van der Waals surface area (Å²) in [6, 6.07) is 5.76. The molecule has 5 nitrogen and oxygen atoms in total. The first-order valence-electron chi connectivity index (χ1n) is 6.13. The van der Waals surface area contributed by atoms with E-state index in [0.29, 0.717) is 12.3 Å². The van der Waals surface area contributed by atoms with E-state index in [2.05, 4.69) is 10.6 Å². The molecule has 1 aromatic rings. The third-order valence-electron chi connectivity index (χ3n) is 3.60. The summed E-state index contributed by atoms with van der Waals surface area (Å²) in [5, 5.41) is 6.04. The smallest absolute Gasteiger partial charge is 0.412 e. The summed E-state index contributed by atoms with van der Waals surface area (Å²) in [7, 11) is 1.60. The molecular weight excluding hydrogens is 232 g/mol. The Morgan fingerprint density at radius 1 is 1.44 bits per heavy atom. The summed E-state index contributed by atoms with van der Waals surface area (Å²) in [5.41, 5.74) is 1.18. The molecule has 3 rings (SSSR count). The van der Waals surface area contributed by atoms with Gasteiger partial charge in [0.2, 0.25) is 0 Å². The number of rotatable bonds is 1. The molecule has 1 amide bonds. The van der Waals surface area contributed by atoms with E-state index < -0.39 is 11.7 Å². The van der Waals surface area contributed by atoms with Crippen LogP contribution in [0.2, 0.25) is 0 Å². The Hall–Kier alpha value is -1.75.